The fourth-order valence-corrected chi connectivity index (χ4v) is 12.7. The topological polar surface area (TPSA) is 404 Å². The van der Waals surface area contributed by atoms with Crippen LogP contribution in [0.4, 0.5) is 0 Å². The molecule has 0 aromatic carbocycles. The number of carboxylic acids is 3. The number of sulfonamides is 3. The summed E-state index contributed by atoms with van der Waals surface area (Å²) < 4.78 is 91.8. The molecule has 2 amide bonds. The molecule has 0 aliphatic carbocycles. The predicted molar refractivity (Wildman–Crippen MR) is 396 cm³/mol. The van der Waals surface area contributed by atoms with Crippen LogP contribution in [0, 0.1) is 0 Å². The first-order valence-electron chi connectivity index (χ1n) is 37.5. The number of primary sulfonamides is 1. The molecule has 0 saturated carbocycles. The van der Waals surface area contributed by atoms with E-state index in [9.17, 15) is 68.4 Å². The number of esters is 4. The molecule has 0 saturated heterocycles. The van der Waals surface area contributed by atoms with Crippen molar-refractivity contribution in [1.29, 1.82) is 0 Å². The minimum absolute atomic E-state index is 0.00789. The van der Waals surface area contributed by atoms with Gasteiger partial charge in [0.15, 0.2) is 0 Å². The summed E-state index contributed by atoms with van der Waals surface area (Å²) in [6, 6.07) is 0. The van der Waals surface area contributed by atoms with Crippen molar-refractivity contribution in [1.82, 2.24) is 9.44 Å². The number of unbranched alkanes of at least 4 members (excludes halogenated alkanes) is 33. The summed E-state index contributed by atoms with van der Waals surface area (Å²) in [5, 5.41) is 29.7. The molecule has 7 N–H and O–H groups in total. The Balaban J connectivity index is -0.000000660. The third-order valence-electron chi connectivity index (χ3n) is 15.0. The van der Waals surface area contributed by atoms with Crippen LogP contribution in [0.1, 0.15) is 371 Å². The van der Waals surface area contributed by atoms with E-state index in [4.69, 9.17) is 29.5 Å². The highest BCUT2D eigenvalue weighted by Crippen LogP contribution is 2.19. The number of carbonyl (C=O) groups is 9. The zero-order valence-corrected chi connectivity index (χ0v) is 66.4. The van der Waals surface area contributed by atoms with Gasteiger partial charge in [-0.2, -0.15) is 0 Å². The van der Waals surface area contributed by atoms with Crippen molar-refractivity contribution in [2.45, 2.75) is 387 Å². The molecule has 0 aromatic heterocycles. The van der Waals surface area contributed by atoms with E-state index in [0.717, 1.165) is 109 Å². The van der Waals surface area contributed by atoms with E-state index in [2.05, 4.69) is 14.6 Å². The normalized spacial score (nSPS) is 11.7. The molecule has 25 nitrogen and oxygen atoms in total. The van der Waals surface area contributed by atoms with Crippen molar-refractivity contribution in [3.05, 3.63) is 0 Å². The molecule has 0 aliphatic rings. The minimum atomic E-state index is -3.74. The molecule has 0 fully saturated rings. The number of ether oxygens (including phenoxy) is 4. The van der Waals surface area contributed by atoms with Crippen molar-refractivity contribution in [2.24, 2.45) is 5.14 Å². The van der Waals surface area contributed by atoms with E-state index >= 15 is 0 Å². The van der Waals surface area contributed by atoms with Crippen LogP contribution in [-0.4, -0.2) is 135 Å². The van der Waals surface area contributed by atoms with Gasteiger partial charge in [-0.1, -0.05) is 193 Å². The monoisotopic (exact) mass is 1510 g/mol. The molecule has 0 aliphatic heterocycles. The van der Waals surface area contributed by atoms with Crippen LogP contribution in [-0.2, 0) is 92.2 Å². The lowest BCUT2D eigenvalue weighted by Crippen LogP contribution is -2.32. The van der Waals surface area contributed by atoms with Crippen LogP contribution in [0.5, 0.6) is 0 Å². The summed E-state index contributed by atoms with van der Waals surface area (Å²) >= 11 is 0. The van der Waals surface area contributed by atoms with E-state index in [1.165, 1.54) is 116 Å². The van der Waals surface area contributed by atoms with E-state index in [0.29, 0.717) is 38.5 Å². The van der Waals surface area contributed by atoms with Gasteiger partial charge in [0, 0.05) is 57.8 Å². The average molecular weight is 1510 g/mol. The van der Waals surface area contributed by atoms with Crippen LogP contribution in [0.2, 0.25) is 0 Å². The van der Waals surface area contributed by atoms with Crippen LogP contribution in [0.25, 0.3) is 0 Å². The highest BCUT2D eigenvalue weighted by Gasteiger charge is 2.20. The highest BCUT2D eigenvalue weighted by molar-refractivity contribution is 7.90. The lowest BCUT2D eigenvalue weighted by atomic mass is 10.0. The van der Waals surface area contributed by atoms with Crippen molar-refractivity contribution < 1.29 is 103 Å². The molecule has 0 atom stereocenters. The Morgan fingerprint density at radius 1 is 0.277 bits per heavy atom. The maximum absolute atomic E-state index is 11.8. The number of amides is 2. The van der Waals surface area contributed by atoms with Gasteiger partial charge in [0.2, 0.25) is 41.9 Å². The Morgan fingerprint density at radius 2 is 0.455 bits per heavy atom. The van der Waals surface area contributed by atoms with Crippen LogP contribution in [0.15, 0.2) is 0 Å². The molecule has 0 heterocycles. The first kappa shape index (κ1) is 102. The van der Waals surface area contributed by atoms with Gasteiger partial charge in [-0.25, -0.2) is 30.4 Å². The number of carbonyl (C=O) groups excluding carboxylic acids is 6. The first-order chi connectivity index (χ1) is 47.1. The molecule has 0 rings (SSSR count). The van der Waals surface area contributed by atoms with Crippen molar-refractivity contribution in [3.63, 3.8) is 0 Å². The van der Waals surface area contributed by atoms with Crippen molar-refractivity contribution in [3.8, 4) is 0 Å². The number of rotatable bonds is 59. The lowest BCUT2D eigenvalue weighted by Gasteiger charge is -2.19. The largest absolute Gasteiger partial charge is 0.481 e. The molecule has 0 bridgehead atoms. The zero-order chi connectivity index (χ0) is 77.5. The van der Waals surface area contributed by atoms with Gasteiger partial charge >= 0.3 is 41.8 Å². The summed E-state index contributed by atoms with van der Waals surface area (Å²) in [5.41, 5.74) is -1.17. The molecule has 101 heavy (non-hydrogen) atoms. The third-order valence-corrected chi connectivity index (χ3v) is 18.6. The van der Waals surface area contributed by atoms with E-state index in [1.807, 2.05) is 67.0 Å². The van der Waals surface area contributed by atoms with Gasteiger partial charge in [0.25, 0.3) is 0 Å². The molecule has 0 unspecified atom stereocenters. The summed E-state index contributed by atoms with van der Waals surface area (Å²) in [7, 11) is -9.66. The molecule has 596 valence electrons. The van der Waals surface area contributed by atoms with Gasteiger partial charge in [-0.05, 0) is 120 Å². The summed E-state index contributed by atoms with van der Waals surface area (Å²) in [5.74, 6) is -5.38. The summed E-state index contributed by atoms with van der Waals surface area (Å²) in [4.78, 5) is 99.9. The van der Waals surface area contributed by atoms with E-state index in [1.54, 1.807) is 0 Å². The Bertz CT molecular complexity index is 2560. The Labute approximate surface area is 609 Å². The smallest absolute Gasteiger partial charge is 0.306 e. The number of carboxylic acid groups (broad SMARTS) is 3. The second-order valence-electron chi connectivity index (χ2n) is 29.1. The number of hydrogen-bond donors (Lipinski definition) is 6. The number of aliphatic carboxylic acids is 3. The minimum Gasteiger partial charge on any atom is -0.481 e. The van der Waals surface area contributed by atoms with Gasteiger partial charge in [-0.3, -0.25) is 52.6 Å². The standard InChI is InChI=1S/C25H47NO7S.C24H45NO7S.C20H38O4.C4H9NO4S/c1-25(2,3)33-24(29)19-16-14-12-10-8-6-5-7-9-11-13-15-18-22(27)26-34(30,31)21-17-20-23(28)32-4;1-24(2,3)32-23(29)19-15-13-11-9-7-5-4-6-8-10-12-14-17-21(26)25-33(30,31)20-16-18-22(27)28;1-20(2,3)24-19(23)17-15-13-11-9-7-5-4-6-8-10-12-14-16-18(21)22;5-10(8,9)3-1-2-4(6)7/h5-21H2,1-4H3,(H,26,27);4-20H2,1-3H3,(H,25,26)(H,27,28);4-17H2,1-3H3,(H,21,22);1-3H2,(H,6,7)(H2,5,8,9). The third kappa shape index (κ3) is 93.0. The number of hydrogen-bond acceptors (Lipinski definition) is 19. The predicted octanol–water partition coefficient (Wildman–Crippen LogP) is 15.3. The Morgan fingerprint density at radius 3 is 0.663 bits per heavy atom. The van der Waals surface area contributed by atoms with Crippen LogP contribution < -0.4 is 14.6 Å². The zero-order valence-electron chi connectivity index (χ0n) is 64.0. The number of nitrogens with one attached hydrogen (secondary N) is 2. The molecule has 0 spiro atoms. The molecular formula is C73H139N3O22S3. The van der Waals surface area contributed by atoms with Crippen molar-refractivity contribution >= 4 is 83.7 Å². The average Bonchev–Trinajstić information content (AvgIpc) is 1.01. The van der Waals surface area contributed by atoms with E-state index < -0.39 is 77.0 Å². The lowest BCUT2D eigenvalue weighted by molar-refractivity contribution is -0.156. The second-order valence-corrected chi connectivity index (χ2v) is 34.5. The fraction of sp³-hybridized carbons (Fsp3) is 0.877. The summed E-state index contributed by atoms with van der Waals surface area (Å²) in [6.07, 6.45) is 41.7. The quantitative estimate of drug-likeness (QED) is 0.0187. The Hall–Kier alpha value is -4.96. The maximum Gasteiger partial charge on any atom is 0.306 e. The molecular weight excluding hydrogens is 1370 g/mol. The van der Waals surface area contributed by atoms with E-state index in [-0.39, 0.29) is 92.1 Å². The molecule has 0 aromatic rings. The van der Waals surface area contributed by atoms with Crippen LogP contribution >= 0.6 is 0 Å². The van der Waals surface area contributed by atoms with Gasteiger partial charge < -0.3 is 34.3 Å². The van der Waals surface area contributed by atoms with Crippen LogP contribution in [0.3, 0.4) is 0 Å². The molecule has 0 radical (unpaired) electrons. The maximum atomic E-state index is 11.8. The van der Waals surface area contributed by atoms with Gasteiger partial charge in [-0.15, -0.1) is 0 Å². The second kappa shape index (κ2) is 63.5. The first-order valence-corrected chi connectivity index (χ1v) is 42.6. The molecule has 28 heteroatoms. The van der Waals surface area contributed by atoms with Crippen molar-refractivity contribution in [2.75, 3.05) is 24.4 Å². The Kier molecular flexibility index (Phi) is 64.4. The summed E-state index contributed by atoms with van der Waals surface area (Å²) in [6.45, 7) is 17.0. The SMILES string of the molecule is CC(C)(C)OC(=O)CCCCCCCCCCCCCCC(=O)NS(=O)(=O)CCCC(=O)O.CC(C)(C)OC(=O)CCCCCCCCCCCCCCC(=O)O.COC(=O)CCCS(=O)(=O)NC(=O)CCCCCCCCCCCCCCC(=O)OC(C)(C)C.NS(=O)(=O)CCCC(=O)O. The van der Waals surface area contributed by atoms with Gasteiger partial charge in [0.05, 0.1) is 24.4 Å². The fourth-order valence-electron chi connectivity index (χ4n) is 10.0. The highest BCUT2D eigenvalue weighted by atomic mass is 32.2. The number of nitrogens with two attached hydrogens (primary N) is 1. The number of methoxy groups -OCH3 is 1. The van der Waals surface area contributed by atoms with Gasteiger partial charge in [0.1, 0.15) is 16.8 Å².